The van der Waals surface area contributed by atoms with Crippen molar-refractivity contribution in [2.45, 2.75) is 13.5 Å². The monoisotopic (exact) mass is 350 g/mol. The standard InChI is InChI=1S/C15H12Cl2N4O2/c1-8-18-10-4-5-11(15(22)23-2)19-14(10)21(8)7-9-3-6-12(16)20-13(9)17/h3-6H,7H2,1-2H3. The van der Waals surface area contributed by atoms with Crippen molar-refractivity contribution in [1.29, 1.82) is 0 Å². The van der Waals surface area contributed by atoms with Crippen LogP contribution in [0.5, 0.6) is 0 Å². The maximum atomic E-state index is 11.7. The van der Waals surface area contributed by atoms with E-state index in [9.17, 15) is 4.79 Å². The summed E-state index contributed by atoms with van der Waals surface area (Å²) in [5.74, 6) is 0.254. The molecule has 0 aliphatic heterocycles. The summed E-state index contributed by atoms with van der Waals surface area (Å²) >= 11 is 11.9. The van der Waals surface area contributed by atoms with Gasteiger partial charge in [0.2, 0.25) is 0 Å². The zero-order chi connectivity index (χ0) is 16.6. The molecule has 0 aliphatic carbocycles. The van der Waals surface area contributed by atoms with E-state index in [1.807, 2.05) is 11.5 Å². The maximum Gasteiger partial charge on any atom is 0.356 e. The Morgan fingerprint density at radius 2 is 1.96 bits per heavy atom. The van der Waals surface area contributed by atoms with Gasteiger partial charge in [0.15, 0.2) is 11.3 Å². The van der Waals surface area contributed by atoms with Crippen LogP contribution in [0.4, 0.5) is 0 Å². The largest absolute Gasteiger partial charge is 0.464 e. The van der Waals surface area contributed by atoms with E-state index >= 15 is 0 Å². The number of fused-ring (bicyclic) bond motifs is 1. The number of aromatic nitrogens is 4. The van der Waals surface area contributed by atoms with E-state index in [0.29, 0.717) is 28.0 Å². The van der Waals surface area contributed by atoms with Gasteiger partial charge in [0.05, 0.1) is 13.7 Å². The summed E-state index contributed by atoms with van der Waals surface area (Å²) in [6.07, 6.45) is 0. The second-order valence-corrected chi connectivity index (χ2v) is 5.61. The molecule has 0 atom stereocenters. The van der Waals surface area contributed by atoms with Gasteiger partial charge in [0.25, 0.3) is 0 Å². The topological polar surface area (TPSA) is 69.9 Å². The average molecular weight is 351 g/mol. The van der Waals surface area contributed by atoms with Crippen LogP contribution in [0.1, 0.15) is 21.9 Å². The Morgan fingerprint density at radius 1 is 1.17 bits per heavy atom. The molecule has 0 aliphatic rings. The van der Waals surface area contributed by atoms with Gasteiger partial charge in [0.1, 0.15) is 21.6 Å². The van der Waals surface area contributed by atoms with E-state index in [4.69, 9.17) is 27.9 Å². The van der Waals surface area contributed by atoms with Gasteiger partial charge >= 0.3 is 5.97 Å². The normalized spacial score (nSPS) is 11.0. The Morgan fingerprint density at radius 3 is 2.65 bits per heavy atom. The van der Waals surface area contributed by atoms with Crippen molar-refractivity contribution in [3.05, 3.63) is 51.7 Å². The Balaban J connectivity index is 2.08. The highest BCUT2D eigenvalue weighted by molar-refractivity contribution is 6.32. The number of carbonyl (C=O) groups excluding carboxylic acids is 1. The Kier molecular flexibility index (Phi) is 4.19. The highest BCUT2D eigenvalue weighted by atomic mass is 35.5. The summed E-state index contributed by atoms with van der Waals surface area (Å²) in [5, 5.41) is 0.653. The maximum absolute atomic E-state index is 11.7. The van der Waals surface area contributed by atoms with E-state index in [1.165, 1.54) is 7.11 Å². The van der Waals surface area contributed by atoms with Gasteiger partial charge in [-0.15, -0.1) is 0 Å². The molecule has 3 heterocycles. The number of carbonyl (C=O) groups is 1. The minimum atomic E-state index is -0.497. The van der Waals surface area contributed by atoms with Crippen molar-refractivity contribution in [2.24, 2.45) is 0 Å². The van der Waals surface area contributed by atoms with Crippen LogP contribution in [-0.4, -0.2) is 32.6 Å². The third-order valence-corrected chi connectivity index (χ3v) is 3.94. The van der Waals surface area contributed by atoms with Crippen molar-refractivity contribution in [3.8, 4) is 0 Å². The Labute approximate surface area is 142 Å². The van der Waals surface area contributed by atoms with Crippen LogP contribution in [0.3, 0.4) is 0 Å². The first kappa shape index (κ1) is 15.7. The number of methoxy groups -OCH3 is 1. The highest BCUT2D eigenvalue weighted by Crippen LogP contribution is 2.21. The number of pyridine rings is 2. The molecule has 8 heteroatoms. The molecule has 0 aromatic carbocycles. The molecule has 0 spiro atoms. The van der Waals surface area contributed by atoms with Crippen molar-refractivity contribution in [1.82, 2.24) is 19.5 Å². The third kappa shape index (κ3) is 3.00. The fourth-order valence-corrected chi connectivity index (χ4v) is 2.66. The SMILES string of the molecule is COC(=O)c1ccc2nc(C)n(Cc3ccc(Cl)nc3Cl)c2n1. The number of esters is 1. The van der Waals surface area contributed by atoms with Crippen LogP contribution in [0.2, 0.25) is 10.3 Å². The van der Waals surface area contributed by atoms with Crippen LogP contribution >= 0.6 is 23.2 Å². The molecule has 0 radical (unpaired) electrons. The van der Waals surface area contributed by atoms with Gasteiger partial charge < -0.3 is 9.30 Å². The van der Waals surface area contributed by atoms with E-state index in [2.05, 4.69) is 15.0 Å². The summed E-state index contributed by atoms with van der Waals surface area (Å²) in [7, 11) is 1.32. The number of imidazole rings is 1. The fraction of sp³-hybridized carbons (Fsp3) is 0.200. The summed E-state index contributed by atoms with van der Waals surface area (Å²) in [6.45, 7) is 2.28. The number of nitrogens with zero attached hydrogens (tertiary/aromatic N) is 4. The van der Waals surface area contributed by atoms with Crippen molar-refractivity contribution in [2.75, 3.05) is 7.11 Å². The zero-order valence-corrected chi connectivity index (χ0v) is 13.9. The Hall–Kier alpha value is -2.18. The predicted octanol–water partition coefficient (Wildman–Crippen LogP) is 3.28. The third-order valence-electron chi connectivity index (χ3n) is 3.40. The van der Waals surface area contributed by atoms with Crippen LogP contribution < -0.4 is 0 Å². The molecule has 3 aromatic heterocycles. The van der Waals surface area contributed by atoms with Gasteiger partial charge in [-0.2, -0.15) is 0 Å². The summed E-state index contributed by atoms with van der Waals surface area (Å²) < 4.78 is 6.57. The lowest BCUT2D eigenvalue weighted by molar-refractivity contribution is 0.0594. The van der Waals surface area contributed by atoms with Crippen LogP contribution in [0.25, 0.3) is 11.2 Å². The first-order chi connectivity index (χ1) is 11.0. The zero-order valence-electron chi connectivity index (χ0n) is 12.4. The fourth-order valence-electron chi connectivity index (χ4n) is 2.25. The quantitative estimate of drug-likeness (QED) is 0.535. The predicted molar refractivity (Wildman–Crippen MR) is 87.0 cm³/mol. The van der Waals surface area contributed by atoms with Gasteiger partial charge in [-0.05, 0) is 25.1 Å². The van der Waals surface area contributed by atoms with Gasteiger partial charge in [-0.3, -0.25) is 0 Å². The first-order valence-corrected chi connectivity index (χ1v) is 7.48. The van der Waals surface area contributed by atoms with Crippen LogP contribution in [0.15, 0.2) is 24.3 Å². The average Bonchev–Trinajstić information content (AvgIpc) is 2.84. The molecule has 0 fully saturated rings. The van der Waals surface area contributed by atoms with E-state index in [-0.39, 0.29) is 5.69 Å². The van der Waals surface area contributed by atoms with Crippen LogP contribution in [0, 0.1) is 6.92 Å². The molecule has 3 rings (SSSR count). The number of halogens is 2. The number of aryl methyl sites for hydroxylation is 1. The lowest BCUT2D eigenvalue weighted by Gasteiger charge is -2.08. The number of hydrogen-bond donors (Lipinski definition) is 0. The van der Waals surface area contributed by atoms with E-state index in [1.54, 1.807) is 24.3 Å². The molecular formula is C15H12Cl2N4O2. The van der Waals surface area contributed by atoms with Gasteiger partial charge in [-0.1, -0.05) is 29.3 Å². The second kappa shape index (κ2) is 6.14. The molecule has 23 heavy (non-hydrogen) atoms. The van der Waals surface area contributed by atoms with Crippen molar-refractivity contribution in [3.63, 3.8) is 0 Å². The van der Waals surface area contributed by atoms with E-state index in [0.717, 1.165) is 11.4 Å². The van der Waals surface area contributed by atoms with E-state index < -0.39 is 5.97 Å². The Bertz CT molecular complexity index is 908. The summed E-state index contributed by atoms with van der Waals surface area (Å²) in [4.78, 5) is 24.5. The summed E-state index contributed by atoms with van der Waals surface area (Å²) in [6, 6.07) is 6.79. The molecule has 0 bridgehead atoms. The number of ether oxygens (including phenoxy) is 1. The van der Waals surface area contributed by atoms with Crippen molar-refractivity contribution < 1.29 is 9.53 Å². The minimum absolute atomic E-state index is 0.224. The molecule has 3 aromatic rings. The molecule has 0 saturated carbocycles. The molecule has 0 N–H and O–H groups in total. The lowest BCUT2D eigenvalue weighted by atomic mass is 10.3. The first-order valence-electron chi connectivity index (χ1n) is 6.72. The van der Waals surface area contributed by atoms with Gasteiger partial charge in [0, 0.05) is 5.56 Å². The number of rotatable bonds is 3. The van der Waals surface area contributed by atoms with Crippen LogP contribution in [-0.2, 0) is 11.3 Å². The molecule has 0 unspecified atom stereocenters. The highest BCUT2D eigenvalue weighted by Gasteiger charge is 2.15. The number of hydrogen-bond acceptors (Lipinski definition) is 5. The molecule has 6 nitrogen and oxygen atoms in total. The smallest absolute Gasteiger partial charge is 0.356 e. The second-order valence-electron chi connectivity index (χ2n) is 4.86. The molecule has 118 valence electrons. The molecule has 0 saturated heterocycles. The minimum Gasteiger partial charge on any atom is -0.464 e. The lowest BCUT2D eigenvalue weighted by Crippen LogP contribution is -2.08. The van der Waals surface area contributed by atoms with Crippen molar-refractivity contribution >= 4 is 40.3 Å². The van der Waals surface area contributed by atoms with Gasteiger partial charge in [-0.25, -0.2) is 19.7 Å². The summed E-state index contributed by atoms with van der Waals surface area (Å²) in [5.41, 5.74) is 2.27. The molecular weight excluding hydrogens is 339 g/mol. The molecule has 0 amide bonds.